The first-order valence-corrected chi connectivity index (χ1v) is 12.2. The molecule has 158 valence electrons. The Kier molecular flexibility index (Phi) is 5.18. The van der Waals surface area contributed by atoms with Gasteiger partial charge in [0, 0.05) is 0 Å². The summed E-state index contributed by atoms with van der Waals surface area (Å²) in [5.41, 5.74) is 3.08. The zero-order valence-corrected chi connectivity index (χ0v) is 19.3. The molecule has 0 aromatic heterocycles. The Balaban J connectivity index is 1.64. The van der Waals surface area contributed by atoms with Gasteiger partial charge in [0.1, 0.15) is 0 Å². The van der Waals surface area contributed by atoms with E-state index in [9.17, 15) is 5.11 Å². The van der Waals surface area contributed by atoms with Gasteiger partial charge in [-0.05, 0) is 97.2 Å². The smallest absolute Gasteiger partial charge is 0.0543 e. The van der Waals surface area contributed by atoms with Gasteiger partial charge >= 0.3 is 0 Å². The normalized spacial score (nSPS) is 49.5. The summed E-state index contributed by atoms with van der Waals surface area (Å²) in [4.78, 5) is 0. The number of hydrogen-bond acceptors (Lipinski definition) is 1. The van der Waals surface area contributed by atoms with Crippen molar-refractivity contribution in [2.45, 2.75) is 99.0 Å². The van der Waals surface area contributed by atoms with Crippen LogP contribution in [0.4, 0.5) is 0 Å². The maximum atomic E-state index is 10.3. The quantitative estimate of drug-likeness (QED) is 0.512. The molecule has 3 fully saturated rings. The molecular weight excluding hydrogens is 340 g/mol. The summed E-state index contributed by atoms with van der Waals surface area (Å²) in [6.45, 7) is 14.9. The number of aliphatic hydroxyl groups excluding tert-OH is 1. The number of allylic oxidation sites excluding steroid dienone is 4. The Morgan fingerprint density at radius 3 is 2.46 bits per heavy atom. The standard InChI is InChI=1S/C27H44O/c1-18(2)7-8-19(3)22-12-15-27(6)24-10-9-20-17-21(28)11-14-25(20,4)23(24)13-16-26(22,27)5/h7-8,10,18-23,28H,9,11-17H2,1-6H3/b8-7+/t19-,20+,21+,22-,23+,25+,26-,27+/m1/s1. The van der Waals surface area contributed by atoms with Gasteiger partial charge in [0.05, 0.1) is 6.10 Å². The highest BCUT2D eigenvalue weighted by molar-refractivity contribution is 5.32. The molecule has 28 heavy (non-hydrogen) atoms. The van der Waals surface area contributed by atoms with Crippen LogP contribution in [0.15, 0.2) is 23.8 Å². The average Bonchev–Trinajstić information content (AvgIpc) is 2.92. The summed E-state index contributed by atoms with van der Waals surface area (Å²) < 4.78 is 0. The maximum absolute atomic E-state index is 10.3. The Morgan fingerprint density at radius 1 is 1.00 bits per heavy atom. The van der Waals surface area contributed by atoms with Crippen LogP contribution in [0.5, 0.6) is 0 Å². The lowest BCUT2D eigenvalue weighted by Crippen LogP contribution is -2.53. The predicted molar refractivity (Wildman–Crippen MR) is 119 cm³/mol. The first kappa shape index (κ1) is 20.7. The van der Waals surface area contributed by atoms with Gasteiger partial charge in [-0.3, -0.25) is 0 Å². The van der Waals surface area contributed by atoms with E-state index in [2.05, 4.69) is 59.8 Å². The van der Waals surface area contributed by atoms with Crippen molar-refractivity contribution in [1.29, 1.82) is 0 Å². The number of hydrogen-bond donors (Lipinski definition) is 1. The number of fused-ring (bicyclic) bond motifs is 5. The van der Waals surface area contributed by atoms with Gasteiger partial charge in [-0.15, -0.1) is 0 Å². The second kappa shape index (κ2) is 7.00. The fraction of sp³-hybridized carbons (Fsp3) is 0.852. The van der Waals surface area contributed by atoms with Gasteiger partial charge in [-0.2, -0.15) is 0 Å². The summed E-state index contributed by atoms with van der Waals surface area (Å²) in [5.74, 6) is 3.61. The summed E-state index contributed by atoms with van der Waals surface area (Å²) in [7, 11) is 0. The van der Waals surface area contributed by atoms with Gasteiger partial charge in [0.2, 0.25) is 0 Å². The van der Waals surface area contributed by atoms with Crippen molar-refractivity contribution in [2.75, 3.05) is 0 Å². The van der Waals surface area contributed by atoms with E-state index in [1.807, 2.05) is 5.57 Å². The zero-order chi connectivity index (χ0) is 20.3. The molecule has 0 unspecified atom stereocenters. The van der Waals surface area contributed by atoms with Gasteiger partial charge in [0.15, 0.2) is 0 Å². The Labute approximate surface area is 174 Å². The lowest BCUT2D eigenvalue weighted by Gasteiger charge is -2.61. The van der Waals surface area contributed by atoms with E-state index in [1.165, 1.54) is 38.5 Å². The molecule has 0 aromatic carbocycles. The van der Waals surface area contributed by atoms with Crippen molar-refractivity contribution in [3.63, 3.8) is 0 Å². The Bertz CT molecular complexity index is 659. The second-order valence-corrected chi connectivity index (χ2v) is 12.0. The largest absolute Gasteiger partial charge is 0.393 e. The van der Waals surface area contributed by atoms with Crippen molar-refractivity contribution in [2.24, 2.45) is 45.8 Å². The molecule has 4 aliphatic carbocycles. The highest BCUT2D eigenvalue weighted by atomic mass is 16.3. The van der Waals surface area contributed by atoms with Gasteiger partial charge < -0.3 is 5.11 Å². The third-order valence-electron chi connectivity index (χ3n) is 10.4. The SMILES string of the molecule is CC(C)/C=C/[C@@H](C)[C@H]1CC[C@@]2(C)C3=CC[C@H]4C[C@@H](O)CC[C@]4(C)[C@H]3CC[C@]12C. The highest BCUT2D eigenvalue weighted by Crippen LogP contribution is 2.72. The molecule has 1 N–H and O–H groups in total. The Hall–Kier alpha value is -0.560. The first-order valence-electron chi connectivity index (χ1n) is 12.2. The summed E-state index contributed by atoms with van der Waals surface area (Å²) in [6, 6.07) is 0. The number of rotatable bonds is 3. The first-order chi connectivity index (χ1) is 13.1. The van der Waals surface area contributed by atoms with Crippen LogP contribution >= 0.6 is 0 Å². The van der Waals surface area contributed by atoms with E-state index in [0.717, 1.165) is 24.7 Å². The molecule has 0 radical (unpaired) electrons. The fourth-order valence-corrected chi connectivity index (χ4v) is 8.29. The Morgan fingerprint density at radius 2 is 1.75 bits per heavy atom. The molecule has 0 heterocycles. The fourth-order valence-electron chi connectivity index (χ4n) is 8.29. The van der Waals surface area contributed by atoms with Crippen LogP contribution in [0.2, 0.25) is 0 Å². The van der Waals surface area contributed by atoms with Crippen LogP contribution in [0.1, 0.15) is 92.9 Å². The zero-order valence-electron chi connectivity index (χ0n) is 19.3. The molecule has 0 spiro atoms. The third kappa shape index (κ3) is 2.90. The minimum Gasteiger partial charge on any atom is -0.393 e. The molecule has 8 atom stereocenters. The second-order valence-electron chi connectivity index (χ2n) is 12.0. The summed E-state index contributed by atoms with van der Waals surface area (Å²) >= 11 is 0. The molecule has 1 nitrogen and oxygen atoms in total. The van der Waals surface area contributed by atoms with E-state index < -0.39 is 0 Å². The summed E-state index contributed by atoms with van der Waals surface area (Å²) in [5, 5.41) is 10.3. The van der Waals surface area contributed by atoms with E-state index in [1.54, 1.807) is 0 Å². The lowest BCUT2D eigenvalue weighted by molar-refractivity contribution is -0.0608. The average molecular weight is 385 g/mol. The number of aliphatic hydroxyl groups is 1. The van der Waals surface area contributed by atoms with Crippen LogP contribution in [0, 0.1) is 45.8 Å². The monoisotopic (exact) mass is 384 g/mol. The predicted octanol–water partition coefficient (Wildman–Crippen LogP) is 7.16. The van der Waals surface area contributed by atoms with Crippen molar-refractivity contribution >= 4 is 0 Å². The molecule has 4 aliphatic rings. The van der Waals surface area contributed by atoms with Crippen molar-refractivity contribution in [1.82, 2.24) is 0 Å². The molecule has 0 saturated heterocycles. The van der Waals surface area contributed by atoms with Crippen LogP contribution in [-0.4, -0.2) is 11.2 Å². The summed E-state index contributed by atoms with van der Waals surface area (Å²) in [6.07, 6.45) is 17.6. The van der Waals surface area contributed by atoms with Gasteiger partial charge in [-0.1, -0.05) is 65.3 Å². The molecule has 0 aromatic rings. The van der Waals surface area contributed by atoms with E-state index in [0.29, 0.717) is 34.0 Å². The minimum atomic E-state index is -0.0538. The molecular formula is C27H44O. The minimum absolute atomic E-state index is 0.0538. The van der Waals surface area contributed by atoms with Crippen LogP contribution in [0.25, 0.3) is 0 Å². The van der Waals surface area contributed by atoms with Crippen LogP contribution < -0.4 is 0 Å². The van der Waals surface area contributed by atoms with E-state index in [-0.39, 0.29) is 6.10 Å². The lowest BCUT2D eigenvalue weighted by atomic mass is 9.43. The molecule has 0 amide bonds. The van der Waals surface area contributed by atoms with Crippen molar-refractivity contribution < 1.29 is 5.11 Å². The van der Waals surface area contributed by atoms with Crippen LogP contribution in [-0.2, 0) is 0 Å². The molecule has 0 aliphatic heterocycles. The van der Waals surface area contributed by atoms with Gasteiger partial charge in [0.25, 0.3) is 0 Å². The molecule has 1 heteroatoms. The third-order valence-corrected chi connectivity index (χ3v) is 10.4. The topological polar surface area (TPSA) is 20.2 Å². The maximum Gasteiger partial charge on any atom is 0.0543 e. The molecule has 3 saturated carbocycles. The van der Waals surface area contributed by atoms with Crippen molar-refractivity contribution in [3.05, 3.63) is 23.8 Å². The molecule has 4 rings (SSSR count). The molecule has 0 bridgehead atoms. The highest BCUT2D eigenvalue weighted by Gasteiger charge is 2.63. The van der Waals surface area contributed by atoms with E-state index >= 15 is 0 Å². The van der Waals surface area contributed by atoms with E-state index in [4.69, 9.17) is 0 Å². The van der Waals surface area contributed by atoms with Gasteiger partial charge in [-0.25, -0.2) is 0 Å². The van der Waals surface area contributed by atoms with Crippen molar-refractivity contribution in [3.8, 4) is 0 Å². The van der Waals surface area contributed by atoms with Crippen LogP contribution in [0.3, 0.4) is 0 Å².